The Balaban J connectivity index is 2.43. The van der Waals surface area contributed by atoms with Crippen LogP contribution in [0.2, 0.25) is 0 Å². The minimum atomic E-state index is -3.80. The van der Waals surface area contributed by atoms with Crippen molar-refractivity contribution in [3.05, 3.63) is 65.0 Å². The van der Waals surface area contributed by atoms with Gasteiger partial charge < -0.3 is 10.2 Å². The molecule has 0 saturated carbocycles. The van der Waals surface area contributed by atoms with Crippen LogP contribution < -0.4 is 9.62 Å². The lowest BCUT2D eigenvalue weighted by Gasteiger charge is -2.32. The van der Waals surface area contributed by atoms with Crippen molar-refractivity contribution in [2.24, 2.45) is 0 Å². The van der Waals surface area contributed by atoms with E-state index in [-0.39, 0.29) is 18.5 Å². The number of nitrogens with one attached hydrogen (secondary N) is 1. The summed E-state index contributed by atoms with van der Waals surface area (Å²) in [5.74, 6) is -1.30. The molecular weight excluding hydrogens is 457 g/mol. The van der Waals surface area contributed by atoms with Gasteiger partial charge in [0.05, 0.1) is 11.9 Å². The van der Waals surface area contributed by atoms with Crippen molar-refractivity contribution in [2.75, 3.05) is 17.1 Å². The van der Waals surface area contributed by atoms with Crippen LogP contribution in [-0.4, -0.2) is 50.0 Å². The quantitative estimate of drug-likeness (QED) is 0.551. The van der Waals surface area contributed by atoms with Gasteiger partial charge in [-0.15, -0.1) is 0 Å². The molecule has 186 valence electrons. The van der Waals surface area contributed by atoms with Gasteiger partial charge in [0, 0.05) is 12.6 Å². The van der Waals surface area contributed by atoms with Gasteiger partial charge in [0.15, 0.2) is 0 Å². The number of hydrogen-bond donors (Lipinski definition) is 1. The van der Waals surface area contributed by atoms with Crippen LogP contribution in [0, 0.1) is 19.7 Å². The van der Waals surface area contributed by atoms with Crippen molar-refractivity contribution in [1.29, 1.82) is 0 Å². The fraction of sp³-hybridized carbons (Fsp3) is 0.440. The molecule has 1 N–H and O–H groups in total. The van der Waals surface area contributed by atoms with Crippen molar-refractivity contribution in [3.8, 4) is 0 Å². The van der Waals surface area contributed by atoms with Gasteiger partial charge in [-0.1, -0.05) is 37.3 Å². The minimum absolute atomic E-state index is 0.0264. The van der Waals surface area contributed by atoms with Gasteiger partial charge in [-0.25, -0.2) is 12.8 Å². The first-order valence-electron chi connectivity index (χ1n) is 11.2. The maximum atomic E-state index is 13.5. The molecule has 2 amide bonds. The third-order valence-corrected chi connectivity index (χ3v) is 6.91. The first kappa shape index (κ1) is 27.3. The molecule has 0 heterocycles. The SMILES string of the molecule is CCC(C)NC(=O)C(C)N(Cc1ccc(F)cc1)C(=O)CN(c1c(C)cccc1C)S(C)(=O)=O. The van der Waals surface area contributed by atoms with E-state index < -0.39 is 34.3 Å². The highest BCUT2D eigenvalue weighted by atomic mass is 32.2. The molecule has 0 saturated heterocycles. The Morgan fingerprint density at radius 2 is 1.59 bits per heavy atom. The average molecular weight is 492 g/mol. The molecular formula is C25H34FN3O4S. The molecule has 2 aromatic rings. The summed E-state index contributed by atoms with van der Waals surface area (Å²) in [7, 11) is -3.80. The van der Waals surface area contributed by atoms with E-state index >= 15 is 0 Å². The number of rotatable bonds is 10. The summed E-state index contributed by atoms with van der Waals surface area (Å²) in [5.41, 5.74) is 2.49. The fourth-order valence-electron chi connectivity index (χ4n) is 3.61. The Morgan fingerprint density at radius 3 is 2.09 bits per heavy atom. The lowest BCUT2D eigenvalue weighted by Crippen LogP contribution is -2.52. The van der Waals surface area contributed by atoms with Gasteiger partial charge in [0.25, 0.3) is 0 Å². The van der Waals surface area contributed by atoms with Crippen LogP contribution in [0.4, 0.5) is 10.1 Å². The van der Waals surface area contributed by atoms with Crippen LogP contribution >= 0.6 is 0 Å². The van der Waals surface area contributed by atoms with Crippen LogP contribution in [0.25, 0.3) is 0 Å². The molecule has 0 aliphatic rings. The lowest BCUT2D eigenvalue weighted by atomic mass is 10.1. The first-order chi connectivity index (χ1) is 15.8. The topological polar surface area (TPSA) is 86.8 Å². The monoisotopic (exact) mass is 491 g/mol. The number of para-hydroxylation sites is 1. The van der Waals surface area contributed by atoms with Gasteiger partial charge in [-0.05, 0) is 62.9 Å². The molecule has 0 radical (unpaired) electrons. The van der Waals surface area contributed by atoms with E-state index in [0.717, 1.165) is 17.0 Å². The maximum absolute atomic E-state index is 13.5. The number of anilines is 1. The summed E-state index contributed by atoms with van der Waals surface area (Å²) in [6.07, 6.45) is 1.77. The predicted octanol–water partition coefficient (Wildman–Crippen LogP) is 3.54. The second-order valence-electron chi connectivity index (χ2n) is 8.65. The number of benzene rings is 2. The molecule has 7 nitrogen and oxygen atoms in total. The number of nitrogens with zero attached hydrogens (tertiary/aromatic N) is 2. The van der Waals surface area contributed by atoms with Crippen LogP contribution in [0.1, 0.15) is 43.9 Å². The molecule has 0 spiro atoms. The smallest absolute Gasteiger partial charge is 0.244 e. The summed E-state index contributed by atoms with van der Waals surface area (Å²) in [6, 6.07) is 10.1. The number of sulfonamides is 1. The zero-order valence-electron chi connectivity index (χ0n) is 20.6. The fourth-order valence-corrected chi connectivity index (χ4v) is 4.57. The largest absolute Gasteiger partial charge is 0.352 e. The molecule has 0 fully saturated rings. The second kappa shape index (κ2) is 11.5. The summed E-state index contributed by atoms with van der Waals surface area (Å²) in [6.45, 7) is 8.52. The highest BCUT2D eigenvalue weighted by Crippen LogP contribution is 2.27. The zero-order chi connectivity index (χ0) is 25.6. The zero-order valence-corrected chi connectivity index (χ0v) is 21.4. The highest BCUT2D eigenvalue weighted by Gasteiger charge is 2.31. The third kappa shape index (κ3) is 7.03. The number of hydrogen-bond acceptors (Lipinski definition) is 4. The van der Waals surface area contributed by atoms with Gasteiger partial charge >= 0.3 is 0 Å². The summed E-state index contributed by atoms with van der Waals surface area (Å²) in [4.78, 5) is 27.7. The molecule has 2 aromatic carbocycles. The highest BCUT2D eigenvalue weighted by molar-refractivity contribution is 7.92. The summed E-state index contributed by atoms with van der Waals surface area (Å²) in [5, 5.41) is 2.87. The molecule has 2 unspecified atom stereocenters. The Kier molecular flexibility index (Phi) is 9.21. The lowest BCUT2D eigenvalue weighted by molar-refractivity contribution is -0.139. The van der Waals surface area contributed by atoms with Crippen molar-refractivity contribution < 1.29 is 22.4 Å². The second-order valence-corrected chi connectivity index (χ2v) is 10.6. The Morgan fingerprint density at radius 1 is 1.03 bits per heavy atom. The minimum Gasteiger partial charge on any atom is -0.352 e. The summed E-state index contributed by atoms with van der Waals surface area (Å²) < 4.78 is 39.9. The van der Waals surface area contributed by atoms with Gasteiger partial charge in [-0.2, -0.15) is 0 Å². The number of amides is 2. The standard InChI is InChI=1S/C25H34FN3O4S/c1-7-19(4)27-25(31)20(5)28(15-21-11-13-22(26)14-12-21)23(30)16-29(34(6,32)33)24-17(2)9-8-10-18(24)3/h8-14,19-20H,7,15-16H2,1-6H3,(H,27,31). The molecule has 34 heavy (non-hydrogen) atoms. The van der Waals surface area contributed by atoms with Gasteiger partial charge in [0.2, 0.25) is 21.8 Å². The molecule has 0 bridgehead atoms. The number of carbonyl (C=O) groups is 2. The number of carbonyl (C=O) groups excluding carboxylic acids is 2. The molecule has 0 aliphatic carbocycles. The van der Waals surface area contributed by atoms with E-state index in [0.29, 0.717) is 22.4 Å². The Hall–Kier alpha value is -2.94. The van der Waals surface area contributed by atoms with Crippen molar-refractivity contribution in [2.45, 2.75) is 59.7 Å². The number of halogens is 1. The van der Waals surface area contributed by atoms with E-state index in [1.54, 1.807) is 32.9 Å². The normalized spacial score (nSPS) is 13.1. The average Bonchev–Trinajstić information content (AvgIpc) is 2.76. The van der Waals surface area contributed by atoms with E-state index in [1.807, 2.05) is 19.9 Å². The molecule has 2 rings (SSSR count). The third-order valence-electron chi connectivity index (χ3n) is 5.80. The van der Waals surface area contributed by atoms with Crippen LogP contribution in [0.15, 0.2) is 42.5 Å². The molecule has 2 atom stereocenters. The Labute approximate surface area is 202 Å². The van der Waals surface area contributed by atoms with Gasteiger partial charge in [0.1, 0.15) is 18.4 Å². The van der Waals surface area contributed by atoms with E-state index in [1.165, 1.54) is 29.2 Å². The Bertz CT molecular complexity index is 1100. The van der Waals surface area contributed by atoms with E-state index in [2.05, 4.69) is 5.32 Å². The molecule has 0 aliphatic heterocycles. The van der Waals surface area contributed by atoms with Crippen molar-refractivity contribution in [3.63, 3.8) is 0 Å². The maximum Gasteiger partial charge on any atom is 0.244 e. The number of aryl methyl sites for hydroxylation is 2. The molecule has 0 aromatic heterocycles. The van der Waals surface area contributed by atoms with Crippen molar-refractivity contribution in [1.82, 2.24) is 10.2 Å². The van der Waals surface area contributed by atoms with Gasteiger partial charge in [-0.3, -0.25) is 13.9 Å². The van der Waals surface area contributed by atoms with Crippen LogP contribution in [0.5, 0.6) is 0 Å². The van der Waals surface area contributed by atoms with Crippen molar-refractivity contribution >= 4 is 27.5 Å². The first-order valence-corrected chi connectivity index (χ1v) is 13.1. The van der Waals surface area contributed by atoms with Crippen LogP contribution in [0.3, 0.4) is 0 Å². The predicted molar refractivity (Wildman–Crippen MR) is 132 cm³/mol. The van der Waals surface area contributed by atoms with E-state index in [4.69, 9.17) is 0 Å². The molecule has 9 heteroatoms. The summed E-state index contributed by atoms with van der Waals surface area (Å²) >= 11 is 0. The van der Waals surface area contributed by atoms with Crippen LogP contribution in [-0.2, 0) is 26.2 Å². The van der Waals surface area contributed by atoms with E-state index in [9.17, 15) is 22.4 Å².